The van der Waals surface area contributed by atoms with Gasteiger partial charge in [-0.2, -0.15) is 0 Å². The second-order valence-corrected chi connectivity index (χ2v) is 7.97. The van der Waals surface area contributed by atoms with Gasteiger partial charge in [0.05, 0.1) is 17.7 Å². The van der Waals surface area contributed by atoms with Crippen LogP contribution in [0.15, 0.2) is 58.3 Å². The quantitative estimate of drug-likeness (QED) is 0.755. The molecular formula is C19H19NO3S2. The molecule has 2 unspecified atom stereocenters. The minimum Gasteiger partial charge on any atom is -0.481 e. The zero-order valence-electron chi connectivity index (χ0n) is 13.8. The maximum atomic E-state index is 12.7. The molecule has 130 valence electrons. The van der Waals surface area contributed by atoms with E-state index < -0.39 is 12.0 Å². The Morgan fingerprint density at radius 1 is 1.24 bits per heavy atom. The summed E-state index contributed by atoms with van der Waals surface area (Å²) in [6.07, 6.45) is 2.53. The van der Waals surface area contributed by atoms with Gasteiger partial charge in [-0.3, -0.25) is 9.59 Å². The first-order chi connectivity index (χ1) is 12.1. The van der Waals surface area contributed by atoms with Crippen molar-refractivity contribution in [2.75, 3.05) is 6.26 Å². The number of carbonyl (C=O) groups is 2. The number of nitrogens with one attached hydrogen (secondary N) is 1. The van der Waals surface area contributed by atoms with Crippen LogP contribution in [-0.2, 0) is 16.0 Å². The number of amides is 1. The monoisotopic (exact) mass is 373 g/mol. The van der Waals surface area contributed by atoms with E-state index in [1.807, 2.05) is 54.8 Å². The minimum absolute atomic E-state index is 0.110. The number of fused-ring (bicyclic) bond motifs is 1. The summed E-state index contributed by atoms with van der Waals surface area (Å²) in [7, 11) is 0. The Kier molecular flexibility index (Phi) is 5.71. The van der Waals surface area contributed by atoms with Gasteiger partial charge in [0.2, 0.25) is 5.91 Å². The number of rotatable bonds is 6. The molecule has 6 heteroatoms. The Hall–Kier alpha value is -1.92. The third kappa shape index (κ3) is 4.38. The Labute approximate surface area is 155 Å². The van der Waals surface area contributed by atoms with E-state index in [1.54, 1.807) is 23.5 Å². The van der Waals surface area contributed by atoms with Crippen molar-refractivity contribution in [2.45, 2.75) is 33.9 Å². The summed E-state index contributed by atoms with van der Waals surface area (Å²) in [5, 5.41) is 11.9. The van der Waals surface area contributed by atoms with E-state index in [1.165, 1.54) is 5.56 Å². The SMILES string of the molecule is CSc1ccc(C(CC(=O)O)NC(=O)C2Cc3ccccc3S2)cc1. The highest BCUT2D eigenvalue weighted by atomic mass is 32.2. The molecule has 0 spiro atoms. The third-order valence-electron chi connectivity index (χ3n) is 4.15. The summed E-state index contributed by atoms with van der Waals surface area (Å²) in [5.41, 5.74) is 1.99. The van der Waals surface area contributed by atoms with E-state index in [2.05, 4.69) is 5.32 Å². The number of thioether (sulfide) groups is 2. The van der Waals surface area contributed by atoms with Gasteiger partial charge in [-0.25, -0.2) is 0 Å². The van der Waals surface area contributed by atoms with E-state index in [0.717, 1.165) is 15.4 Å². The zero-order chi connectivity index (χ0) is 17.8. The molecule has 1 aliphatic rings. The molecule has 2 N–H and O–H groups in total. The van der Waals surface area contributed by atoms with Gasteiger partial charge in [0.25, 0.3) is 0 Å². The van der Waals surface area contributed by atoms with E-state index in [-0.39, 0.29) is 17.6 Å². The zero-order valence-corrected chi connectivity index (χ0v) is 15.4. The fourth-order valence-electron chi connectivity index (χ4n) is 2.86. The second kappa shape index (κ2) is 7.97. The molecule has 25 heavy (non-hydrogen) atoms. The van der Waals surface area contributed by atoms with Crippen molar-refractivity contribution in [3.05, 3.63) is 59.7 Å². The maximum Gasteiger partial charge on any atom is 0.305 e. The van der Waals surface area contributed by atoms with Gasteiger partial charge < -0.3 is 10.4 Å². The van der Waals surface area contributed by atoms with Crippen LogP contribution in [0.5, 0.6) is 0 Å². The van der Waals surface area contributed by atoms with Gasteiger partial charge in [-0.05, 0) is 42.0 Å². The third-order valence-corrected chi connectivity index (χ3v) is 6.21. The van der Waals surface area contributed by atoms with Gasteiger partial charge in [-0.15, -0.1) is 23.5 Å². The topological polar surface area (TPSA) is 66.4 Å². The number of carboxylic acids is 1. The summed E-state index contributed by atoms with van der Waals surface area (Å²) in [6, 6.07) is 15.1. The highest BCUT2D eigenvalue weighted by Gasteiger charge is 2.30. The van der Waals surface area contributed by atoms with Gasteiger partial charge in [0.15, 0.2) is 0 Å². The van der Waals surface area contributed by atoms with E-state index in [0.29, 0.717) is 6.42 Å². The molecule has 0 fully saturated rings. The van der Waals surface area contributed by atoms with Gasteiger partial charge >= 0.3 is 5.97 Å². The Morgan fingerprint density at radius 3 is 2.60 bits per heavy atom. The lowest BCUT2D eigenvalue weighted by molar-refractivity contribution is -0.137. The maximum absolute atomic E-state index is 12.7. The molecule has 1 aliphatic heterocycles. The van der Waals surface area contributed by atoms with Crippen LogP contribution in [0.4, 0.5) is 0 Å². The molecule has 2 aromatic carbocycles. The summed E-state index contributed by atoms with van der Waals surface area (Å²) in [4.78, 5) is 26.1. The van der Waals surface area contributed by atoms with Crippen molar-refractivity contribution in [2.24, 2.45) is 0 Å². The van der Waals surface area contributed by atoms with Crippen molar-refractivity contribution in [1.82, 2.24) is 5.32 Å². The fourth-order valence-corrected chi connectivity index (χ4v) is 4.47. The van der Waals surface area contributed by atoms with E-state index >= 15 is 0 Å². The molecule has 3 rings (SSSR count). The molecule has 0 radical (unpaired) electrons. The lowest BCUT2D eigenvalue weighted by Crippen LogP contribution is -2.36. The number of carbonyl (C=O) groups excluding carboxylic acids is 1. The van der Waals surface area contributed by atoms with Crippen molar-refractivity contribution in [3.63, 3.8) is 0 Å². The summed E-state index contributed by atoms with van der Waals surface area (Å²) in [6.45, 7) is 0. The van der Waals surface area contributed by atoms with E-state index in [9.17, 15) is 14.7 Å². The first-order valence-electron chi connectivity index (χ1n) is 7.97. The summed E-state index contributed by atoms with van der Waals surface area (Å²) in [5.74, 6) is -1.04. The van der Waals surface area contributed by atoms with Gasteiger partial charge in [0.1, 0.15) is 0 Å². The molecule has 0 aliphatic carbocycles. The molecule has 4 nitrogen and oxygen atoms in total. The molecule has 0 saturated heterocycles. The Bertz CT molecular complexity index is 751. The van der Waals surface area contributed by atoms with Crippen molar-refractivity contribution >= 4 is 35.4 Å². The summed E-state index contributed by atoms with van der Waals surface area (Å²) >= 11 is 3.17. The molecule has 2 atom stereocenters. The molecule has 1 amide bonds. The number of benzene rings is 2. The van der Waals surface area contributed by atoms with Crippen LogP contribution < -0.4 is 5.32 Å². The first kappa shape index (κ1) is 17.9. The predicted octanol–water partition coefficient (Wildman–Crippen LogP) is 3.76. The molecule has 2 aromatic rings. The van der Waals surface area contributed by atoms with Crippen LogP contribution in [0.1, 0.15) is 23.6 Å². The number of hydrogen-bond donors (Lipinski definition) is 2. The number of carboxylic acid groups (broad SMARTS) is 1. The highest BCUT2D eigenvalue weighted by molar-refractivity contribution is 8.01. The fraction of sp³-hybridized carbons (Fsp3) is 0.263. The number of aliphatic carboxylic acids is 1. The predicted molar refractivity (Wildman–Crippen MR) is 101 cm³/mol. The summed E-state index contributed by atoms with van der Waals surface area (Å²) < 4.78 is 0. The normalized spacial score (nSPS) is 16.9. The lowest BCUT2D eigenvalue weighted by Gasteiger charge is -2.20. The lowest BCUT2D eigenvalue weighted by atomic mass is 10.0. The van der Waals surface area contributed by atoms with Gasteiger partial charge in [-0.1, -0.05) is 30.3 Å². The Morgan fingerprint density at radius 2 is 1.96 bits per heavy atom. The smallest absolute Gasteiger partial charge is 0.305 e. The van der Waals surface area contributed by atoms with Crippen LogP contribution >= 0.6 is 23.5 Å². The molecular weight excluding hydrogens is 354 g/mol. The highest BCUT2D eigenvalue weighted by Crippen LogP contribution is 2.37. The average molecular weight is 373 g/mol. The van der Waals surface area contributed by atoms with E-state index in [4.69, 9.17) is 0 Å². The van der Waals surface area contributed by atoms with Crippen LogP contribution in [0.3, 0.4) is 0 Å². The van der Waals surface area contributed by atoms with Crippen LogP contribution in [-0.4, -0.2) is 28.5 Å². The van der Waals surface area contributed by atoms with Gasteiger partial charge in [0, 0.05) is 9.79 Å². The van der Waals surface area contributed by atoms with Crippen molar-refractivity contribution in [3.8, 4) is 0 Å². The molecule has 0 aromatic heterocycles. The molecule has 1 heterocycles. The van der Waals surface area contributed by atoms with Crippen LogP contribution in [0.25, 0.3) is 0 Å². The average Bonchev–Trinajstić information content (AvgIpc) is 3.05. The molecule has 0 bridgehead atoms. The minimum atomic E-state index is -0.929. The standard InChI is InChI=1S/C19H19NO3S2/c1-24-14-8-6-12(7-9-14)15(11-18(21)22)20-19(23)17-10-13-4-2-3-5-16(13)25-17/h2-9,15,17H,10-11H2,1H3,(H,20,23)(H,21,22). The van der Waals surface area contributed by atoms with Crippen LogP contribution in [0.2, 0.25) is 0 Å². The van der Waals surface area contributed by atoms with Crippen molar-refractivity contribution in [1.29, 1.82) is 0 Å². The number of hydrogen-bond acceptors (Lipinski definition) is 4. The first-order valence-corrected chi connectivity index (χ1v) is 10.1. The van der Waals surface area contributed by atoms with Crippen molar-refractivity contribution < 1.29 is 14.7 Å². The Balaban J connectivity index is 1.72. The molecule has 0 saturated carbocycles. The largest absolute Gasteiger partial charge is 0.481 e. The second-order valence-electron chi connectivity index (χ2n) is 5.85. The van der Waals surface area contributed by atoms with Crippen LogP contribution in [0, 0.1) is 0 Å².